The van der Waals surface area contributed by atoms with Gasteiger partial charge in [0, 0.05) is 0 Å². The lowest BCUT2D eigenvalue weighted by atomic mass is 10.1. The molecule has 100 valence electrons. The minimum absolute atomic E-state index is 0.0383. The molecule has 0 bridgehead atoms. The number of carboxylic acid groups (broad SMARTS) is 1. The molecule has 0 aromatic carbocycles. The van der Waals surface area contributed by atoms with Crippen molar-refractivity contribution in [3.05, 3.63) is 0 Å². The smallest absolute Gasteiger partial charge is 0.408 e. The molecule has 4 atom stereocenters. The van der Waals surface area contributed by atoms with E-state index in [9.17, 15) is 9.18 Å². The zero-order valence-corrected chi connectivity index (χ0v) is 10.2. The number of hydrogen-bond donors (Lipinski definition) is 1. The van der Waals surface area contributed by atoms with Crippen molar-refractivity contribution >= 4 is 6.09 Å². The Labute approximate surface area is 104 Å². The molecule has 2 fully saturated rings. The van der Waals surface area contributed by atoms with Crippen molar-refractivity contribution in [2.45, 2.75) is 50.3 Å². The molecule has 2 heterocycles. The lowest BCUT2D eigenvalue weighted by Crippen LogP contribution is -2.46. The predicted octanol–water partition coefficient (Wildman–Crippen LogP) is 1.12. The van der Waals surface area contributed by atoms with Crippen LogP contribution < -0.4 is 0 Å². The summed E-state index contributed by atoms with van der Waals surface area (Å²) in [5.74, 6) is -0.874. The summed E-state index contributed by atoms with van der Waals surface area (Å²) >= 11 is 0. The molecule has 7 heteroatoms. The molecule has 2 saturated heterocycles. The van der Waals surface area contributed by atoms with E-state index in [1.54, 1.807) is 13.8 Å². The highest BCUT2D eigenvalue weighted by Gasteiger charge is 2.59. The Morgan fingerprint density at radius 2 is 2.00 bits per heavy atom. The largest absolute Gasteiger partial charge is 0.465 e. The van der Waals surface area contributed by atoms with Crippen molar-refractivity contribution in [1.29, 1.82) is 5.26 Å². The fourth-order valence-corrected chi connectivity index (χ4v) is 2.73. The van der Waals surface area contributed by atoms with Gasteiger partial charge in [-0.05, 0) is 13.8 Å². The molecule has 6 nitrogen and oxygen atoms in total. The van der Waals surface area contributed by atoms with Crippen LogP contribution >= 0.6 is 0 Å². The molecule has 0 aliphatic carbocycles. The van der Waals surface area contributed by atoms with E-state index in [0.717, 1.165) is 4.90 Å². The monoisotopic (exact) mass is 258 g/mol. The van der Waals surface area contributed by atoms with Crippen molar-refractivity contribution in [3.63, 3.8) is 0 Å². The summed E-state index contributed by atoms with van der Waals surface area (Å²) in [6, 6.07) is 0.326. The summed E-state index contributed by atoms with van der Waals surface area (Å²) in [6.07, 6.45) is -2.53. The van der Waals surface area contributed by atoms with Gasteiger partial charge in [0.15, 0.2) is 5.79 Å². The highest BCUT2D eigenvalue weighted by atomic mass is 19.1. The van der Waals surface area contributed by atoms with E-state index in [1.807, 2.05) is 6.07 Å². The van der Waals surface area contributed by atoms with Crippen molar-refractivity contribution in [2.24, 2.45) is 0 Å². The lowest BCUT2D eigenvalue weighted by molar-refractivity contribution is -0.165. The summed E-state index contributed by atoms with van der Waals surface area (Å²) in [5.41, 5.74) is 0. The summed E-state index contributed by atoms with van der Waals surface area (Å²) in [7, 11) is 0. The highest BCUT2D eigenvalue weighted by Crippen LogP contribution is 2.41. The molecule has 0 spiro atoms. The first kappa shape index (κ1) is 13.1. The second-order valence-corrected chi connectivity index (χ2v) is 4.91. The van der Waals surface area contributed by atoms with E-state index >= 15 is 0 Å². The first-order valence-electron chi connectivity index (χ1n) is 5.71. The van der Waals surface area contributed by atoms with Crippen LogP contribution in [0.15, 0.2) is 0 Å². The van der Waals surface area contributed by atoms with E-state index in [4.69, 9.17) is 19.8 Å². The van der Waals surface area contributed by atoms with Gasteiger partial charge in [-0.25, -0.2) is 9.18 Å². The first-order chi connectivity index (χ1) is 8.41. The third-order valence-electron chi connectivity index (χ3n) is 3.32. The average molecular weight is 258 g/mol. The van der Waals surface area contributed by atoms with Gasteiger partial charge in [0.25, 0.3) is 0 Å². The molecule has 18 heavy (non-hydrogen) atoms. The molecule has 2 rings (SSSR count). The zero-order chi connectivity index (χ0) is 13.5. The van der Waals surface area contributed by atoms with E-state index in [-0.39, 0.29) is 6.42 Å². The quantitative estimate of drug-likeness (QED) is 0.802. The molecule has 0 saturated carbocycles. The summed E-state index contributed by atoms with van der Waals surface area (Å²) in [5, 5.41) is 17.9. The molecule has 0 radical (unpaired) electrons. The predicted molar refractivity (Wildman–Crippen MR) is 57.5 cm³/mol. The molecule has 1 N–H and O–H groups in total. The second-order valence-electron chi connectivity index (χ2n) is 4.91. The number of fused-ring (bicyclic) bond motifs is 1. The standard InChI is InChI=1S/C11H15FN2O4/c1-11(2)17-8-6(3-4-13)14(10(15)16)7(5-12)9(8)18-11/h6-9H,3,5H2,1-2H3,(H,15,16). The third kappa shape index (κ3) is 1.91. The number of halogens is 1. The SMILES string of the molecule is CC1(C)OC2C(O1)C(CC#N)N(C(=O)O)C2CF. The molecule has 0 aromatic rings. The van der Waals surface area contributed by atoms with Gasteiger partial charge in [0.1, 0.15) is 18.9 Å². The maximum absolute atomic E-state index is 13.1. The van der Waals surface area contributed by atoms with Crippen molar-refractivity contribution in [2.75, 3.05) is 6.67 Å². The van der Waals surface area contributed by atoms with Crippen molar-refractivity contribution in [1.82, 2.24) is 4.90 Å². The molecule has 0 aromatic heterocycles. The van der Waals surface area contributed by atoms with Gasteiger partial charge in [-0.15, -0.1) is 0 Å². The molecule has 1 amide bonds. The van der Waals surface area contributed by atoms with Crippen LogP contribution in [-0.2, 0) is 9.47 Å². The van der Waals surface area contributed by atoms with Crippen LogP contribution in [-0.4, -0.2) is 52.9 Å². The van der Waals surface area contributed by atoms with Crippen molar-refractivity contribution in [3.8, 4) is 6.07 Å². The molecule has 4 unspecified atom stereocenters. The van der Waals surface area contributed by atoms with Crippen molar-refractivity contribution < 1.29 is 23.8 Å². The molecular formula is C11H15FN2O4. The highest BCUT2D eigenvalue weighted by molar-refractivity contribution is 5.67. The summed E-state index contributed by atoms with van der Waals surface area (Å²) in [4.78, 5) is 12.1. The Balaban J connectivity index is 2.31. The van der Waals surface area contributed by atoms with E-state index < -0.39 is 42.8 Å². The Morgan fingerprint density at radius 1 is 1.44 bits per heavy atom. The van der Waals surface area contributed by atoms with Crippen LogP contribution in [0.2, 0.25) is 0 Å². The molecule has 2 aliphatic rings. The summed E-state index contributed by atoms with van der Waals surface area (Å²) in [6.45, 7) is 2.53. The Kier molecular flexibility index (Phi) is 3.17. The fraction of sp³-hybridized carbons (Fsp3) is 0.818. The van der Waals surface area contributed by atoms with Gasteiger partial charge in [0.05, 0.1) is 24.6 Å². The maximum atomic E-state index is 13.1. The number of alkyl halides is 1. The minimum atomic E-state index is -1.25. The normalized spacial score (nSPS) is 37.3. The van der Waals surface area contributed by atoms with Crippen LogP contribution in [0.1, 0.15) is 20.3 Å². The van der Waals surface area contributed by atoms with Gasteiger partial charge in [0.2, 0.25) is 0 Å². The van der Waals surface area contributed by atoms with Gasteiger partial charge in [-0.1, -0.05) is 0 Å². The summed E-state index contributed by atoms with van der Waals surface area (Å²) < 4.78 is 24.3. The number of ether oxygens (including phenoxy) is 2. The van der Waals surface area contributed by atoms with Gasteiger partial charge in [-0.3, -0.25) is 4.90 Å². The number of nitriles is 1. The maximum Gasteiger partial charge on any atom is 0.408 e. The molecule has 2 aliphatic heterocycles. The lowest BCUT2D eigenvalue weighted by Gasteiger charge is -2.30. The number of likely N-dealkylation sites (tertiary alicyclic amines) is 1. The minimum Gasteiger partial charge on any atom is -0.465 e. The Bertz CT molecular complexity index is 395. The Morgan fingerprint density at radius 3 is 2.44 bits per heavy atom. The number of rotatable bonds is 2. The Hall–Kier alpha value is -1.39. The van der Waals surface area contributed by atoms with Gasteiger partial charge < -0.3 is 14.6 Å². The number of amides is 1. The van der Waals surface area contributed by atoms with E-state index in [2.05, 4.69) is 0 Å². The van der Waals surface area contributed by atoms with Gasteiger partial charge in [-0.2, -0.15) is 5.26 Å². The van der Waals surface area contributed by atoms with Crippen LogP contribution in [0.25, 0.3) is 0 Å². The van der Waals surface area contributed by atoms with Crippen LogP contribution in [0.5, 0.6) is 0 Å². The third-order valence-corrected chi connectivity index (χ3v) is 3.32. The molecular weight excluding hydrogens is 243 g/mol. The topological polar surface area (TPSA) is 82.8 Å². The van der Waals surface area contributed by atoms with E-state index in [0.29, 0.717) is 0 Å². The zero-order valence-electron chi connectivity index (χ0n) is 10.2. The first-order valence-corrected chi connectivity index (χ1v) is 5.71. The van der Waals surface area contributed by atoms with Crippen LogP contribution in [0.3, 0.4) is 0 Å². The number of nitrogens with zero attached hydrogens (tertiary/aromatic N) is 2. The van der Waals surface area contributed by atoms with Gasteiger partial charge >= 0.3 is 6.09 Å². The fourth-order valence-electron chi connectivity index (χ4n) is 2.73. The second kappa shape index (κ2) is 4.37. The number of hydrogen-bond acceptors (Lipinski definition) is 4. The van der Waals surface area contributed by atoms with E-state index in [1.165, 1.54) is 0 Å². The van der Waals surface area contributed by atoms with Crippen LogP contribution in [0, 0.1) is 11.3 Å². The van der Waals surface area contributed by atoms with Crippen LogP contribution in [0.4, 0.5) is 9.18 Å². The average Bonchev–Trinajstić information content (AvgIpc) is 2.70. The number of carbonyl (C=O) groups is 1.